The molecule has 5 nitrogen and oxygen atoms in total. The van der Waals surface area contributed by atoms with E-state index in [-0.39, 0.29) is 12.4 Å². The second kappa shape index (κ2) is 4.57. The topological polar surface area (TPSA) is 66.6 Å². The standard InChI is InChI=1S/C9H12N2O3/c1-2-10(7-12)8-3-5-9(6-4-8)11(13)14/h3-6,12H,2,7H2,1H3. The zero-order valence-electron chi connectivity index (χ0n) is 7.88. The first-order valence-corrected chi connectivity index (χ1v) is 4.29. The Bertz CT molecular complexity index is 306. The summed E-state index contributed by atoms with van der Waals surface area (Å²) in [6.45, 7) is 2.47. The molecule has 0 unspecified atom stereocenters. The minimum absolute atomic E-state index is 0.0581. The fourth-order valence-electron chi connectivity index (χ4n) is 1.15. The fourth-order valence-corrected chi connectivity index (χ4v) is 1.15. The number of non-ortho nitro benzene ring substituents is 1. The maximum absolute atomic E-state index is 10.4. The molecule has 0 saturated carbocycles. The molecular formula is C9H12N2O3. The van der Waals surface area contributed by atoms with Gasteiger partial charge in [-0.1, -0.05) is 0 Å². The number of hydrogen-bond acceptors (Lipinski definition) is 4. The molecule has 0 aliphatic rings. The number of benzene rings is 1. The first kappa shape index (κ1) is 10.5. The van der Waals surface area contributed by atoms with Gasteiger partial charge in [0.15, 0.2) is 0 Å². The summed E-state index contributed by atoms with van der Waals surface area (Å²) in [5, 5.41) is 19.3. The maximum atomic E-state index is 10.4. The van der Waals surface area contributed by atoms with Crippen LogP contribution in [0.4, 0.5) is 11.4 Å². The molecular weight excluding hydrogens is 184 g/mol. The first-order valence-electron chi connectivity index (χ1n) is 4.29. The van der Waals surface area contributed by atoms with Gasteiger partial charge in [-0.15, -0.1) is 0 Å². The summed E-state index contributed by atoms with van der Waals surface area (Å²) >= 11 is 0. The van der Waals surface area contributed by atoms with Crippen molar-refractivity contribution in [3.63, 3.8) is 0 Å². The minimum atomic E-state index is -0.445. The van der Waals surface area contributed by atoms with Crippen LogP contribution in [0.5, 0.6) is 0 Å². The van der Waals surface area contributed by atoms with Crippen molar-refractivity contribution in [2.45, 2.75) is 6.92 Å². The highest BCUT2D eigenvalue weighted by atomic mass is 16.6. The van der Waals surface area contributed by atoms with Crippen molar-refractivity contribution in [3.05, 3.63) is 34.4 Å². The second-order valence-electron chi connectivity index (χ2n) is 2.77. The molecule has 14 heavy (non-hydrogen) atoms. The summed E-state index contributed by atoms with van der Waals surface area (Å²) in [6, 6.07) is 6.09. The van der Waals surface area contributed by atoms with Crippen LogP contribution < -0.4 is 4.90 Å². The van der Waals surface area contributed by atoms with E-state index in [2.05, 4.69) is 0 Å². The molecule has 0 aliphatic carbocycles. The SMILES string of the molecule is CCN(CO)c1ccc([N+](=O)[O-])cc1. The number of aliphatic hydroxyl groups is 1. The lowest BCUT2D eigenvalue weighted by Crippen LogP contribution is -2.23. The molecule has 0 aromatic heterocycles. The highest BCUT2D eigenvalue weighted by molar-refractivity contribution is 5.50. The molecule has 0 heterocycles. The van der Waals surface area contributed by atoms with Gasteiger partial charge in [0.25, 0.3) is 5.69 Å². The molecule has 0 aliphatic heterocycles. The van der Waals surface area contributed by atoms with Crippen molar-refractivity contribution in [1.82, 2.24) is 0 Å². The van der Waals surface area contributed by atoms with Gasteiger partial charge in [0.2, 0.25) is 0 Å². The lowest BCUT2D eigenvalue weighted by Gasteiger charge is -2.19. The Morgan fingerprint density at radius 1 is 1.43 bits per heavy atom. The highest BCUT2D eigenvalue weighted by Crippen LogP contribution is 2.18. The minimum Gasteiger partial charge on any atom is -0.376 e. The largest absolute Gasteiger partial charge is 0.376 e. The molecule has 0 bridgehead atoms. The van der Waals surface area contributed by atoms with Crippen molar-refractivity contribution in [1.29, 1.82) is 0 Å². The van der Waals surface area contributed by atoms with E-state index in [0.717, 1.165) is 5.69 Å². The Balaban J connectivity index is 2.87. The van der Waals surface area contributed by atoms with Gasteiger partial charge < -0.3 is 10.0 Å². The van der Waals surface area contributed by atoms with Crippen LogP contribution in [0.2, 0.25) is 0 Å². The number of nitrogens with zero attached hydrogens (tertiary/aromatic N) is 2. The maximum Gasteiger partial charge on any atom is 0.269 e. The summed E-state index contributed by atoms with van der Waals surface area (Å²) in [5.74, 6) is 0. The summed E-state index contributed by atoms with van der Waals surface area (Å²) in [5.41, 5.74) is 0.836. The van der Waals surface area contributed by atoms with E-state index in [1.54, 1.807) is 17.0 Å². The van der Waals surface area contributed by atoms with Gasteiger partial charge in [-0.25, -0.2) is 0 Å². The first-order chi connectivity index (χ1) is 6.69. The predicted octanol–water partition coefficient (Wildman–Crippen LogP) is 1.37. The van der Waals surface area contributed by atoms with Gasteiger partial charge in [0.05, 0.1) is 4.92 Å². The average molecular weight is 196 g/mol. The van der Waals surface area contributed by atoms with Crippen LogP contribution >= 0.6 is 0 Å². The molecule has 0 fully saturated rings. The van der Waals surface area contributed by atoms with Gasteiger partial charge >= 0.3 is 0 Å². The quantitative estimate of drug-likeness (QED) is 0.448. The molecule has 76 valence electrons. The lowest BCUT2D eigenvalue weighted by molar-refractivity contribution is -0.384. The zero-order valence-corrected chi connectivity index (χ0v) is 7.88. The second-order valence-corrected chi connectivity index (χ2v) is 2.77. The number of rotatable bonds is 4. The molecule has 0 saturated heterocycles. The lowest BCUT2D eigenvalue weighted by atomic mass is 10.2. The van der Waals surface area contributed by atoms with Crippen LogP contribution in [0.15, 0.2) is 24.3 Å². The zero-order chi connectivity index (χ0) is 10.6. The van der Waals surface area contributed by atoms with E-state index < -0.39 is 4.92 Å². The summed E-state index contributed by atoms with van der Waals surface area (Å²) < 4.78 is 0. The number of hydrogen-bond donors (Lipinski definition) is 1. The Labute approximate surface area is 81.7 Å². The highest BCUT2D eigenvalue weighted by Gasteiger charge is 2.06. The van der Waals surface area contributed by atoms with Gasteiger partial charge in [-0.3, -0.25) is 10.1 Å². The monoisotopic (exact) mass is 196 g/mol. The van der Waals surface area contributed by atoms with E-state index in [1.165, 1.54) is 12.1 Å². The van der Waals surface area contributed by atoms with Crippen molar-refractivity contribution in [2.75, 3.05) is 18.2 Å². The van der Waals surface area contributed by atoms with E-state index in [4.69, 9.17) is 5.11 Å². The normalized spacial score (nSPS) is 9.86. The third-order valence-electron chi connectivity index (χ3n) is 1.98. The molecule has 0 radical (unpaired) electrons. The molecule has 0 spiro atoms. The molecule has 1 aromatic carbocycles. The molecule has 1 rings (SSSR count). The molecule has 0 atom stereocenters. The number of nitro groups is 1. The number of aliphatic hydroxyl groups excluding tert-OH is 1. The number of nitro benzene ring substituents is 1. The van der Waals surface area contributed by atoms with Gasteiger partial charge in [0.1, 0.15) is 6.73 Å². The average Bonchev–Trinajstić information content (AvgIpc) is 2.20. The van der Waals surface area contributed by atoms with E-state index in [9.17, 15) is 10.1 Å². The Hall–Kier alpha value is -1.62. The summed E-state index contributed by atoms with van der Waals surface area (Å²) in [7, 11) is 0. The molecule has 0 amide bonds. The fraction of sp³-hybridized carbons (Fsp3) is 0.333. The van der Waals surface area contributed by atoms with Crippen molar-refractivity contribution < 1.29 is 10.0 Å². The van der Waals surface area contributed by atoms with E-state index in [0.29, 0.717) is 6.54 Å². The Kier molecular flexibility index (Phi) is 3.41. The molecule has 1 aromatic rings. The van der Waals surface area contributed by atoms with Crippen LogP contribution in [0.25, 0.3) is 0 Å². The predicted molar refractivity (Wildman–Crippen MR) is 53.2 cm³/mol. The summed E-state index contributed by atoms with van der Waals surface area (Å²) in [6.07, 6.45) is 0. The van der Waals surface area contributed by atoms with Crippen LogP contribution in [-0.4, -0.2) is 23.3 Å². The number of anilines is 1. The van der Waals surface area contributed by atoms with E-state index in [1.807, 2.05) is 6.92 Å². The van der Waals surface area contributed by atoms with Crippen LogP contribution in [0.3, 0.4) is 0 Å². The van der Waals surface area contributed by atoms with Crippen molar-refractivity contribution in [2.24, 2.45) is 0 Å². The van der Waals surface area contributed by atoms with Crippen molar-refractivity contribution in [3.8, 4) is 0 Å². The van der Waals surface area contributed by atoms with Crippen LogP contribution in [0.1, 0.15) is 6.92 Å². The molecule has 5 heteroatoms. The Morgan fingerprint density at radius 2 is 2.00 bits per heavy atom. The Morgan fingerprint density at radius 3 is 2.36 bits per heavy atom. The van der Waals surface area contributed by atoms with E-state index >= 15 is 0 Å². The third kappa shape index (κ3) is 2.20. The molecule has 1 N–H and O–H groups in total. The van der Waals surface area contributed by atoms with Gasteiger partial charge in [-0.2, -0.15) is 0 Å². The third-order valence-corrected chi connectivity index (χ3v) is 1.98. The summed E-state index contributed by atoms with van der Waals surface area (Å²) in [4.78, 5) is 11.6. The van der Waals surface area contributed by atoms with Crippen LogP contribution in [0, 0.1) is 10.1 Å². The van der Waals surface area contributed by atoms with Gasteiger partial charge in [-0.05, 0) is 19.1 Å². The van der Waals surface area contributed by atoms with Crippen LogP contribution in [-0.2, 0) is 0 Å². The van der Waals surface area contributed by atoms with Gasteiger partial charge in [0, 0.05) is 24.4 Å². The smallest absolute Gasteiger partial charge is 0.269 e. The van der Waals surface area contributed by atoms with Crippen molar-refractivity contribution >= 4 is 11.4 Å².